The summed E-state index contributed by atoms with van der Waals surface area (Å²) in [5.74, 6) is -0.292. The number of non-ortho nitro benzene ring substituents is 1. The van der Waals surface area contributed by atoms with Crippen LogP contribution in [0.4, 0.5) is 5.69 Å². The monoisotopic (exact) mass is 339 g/mol. The Labute approximate surface area is 141 Å². The summed E-state index contributed by atoms with van der Waals surface area (Å²) < 4.78 is 0. The third kappa shape index (κ3) is 3.64. The summed E-state index contributed by atoms with van der Waals surface area (Å²) in [5, 5.41) is 16.2. The number of nitro benzene ring substituents is 1. The minimum absolute atomic E-state index is 0.0430. The summed E-state index contributed by atoms with van der Waals surface area (Å²) in [4.78, 5) is 26.7. The van der Waals surface area contributed by atoms with Crippen LogP contribution < -0.4 is 5.32 Å². The number of aromatic nitrogens is 1. The molecule has 7 heteroatoms. The highest BCUT2D eigenvalue weighted by Gasteiger charge is 2.10. The third-order valence-electron chi connectivity index (χ3n) is 3.34. The highest BCUT2D eigenvalue weighted by molar-refractivity contribution is 7.13. The molecule has 0 saturated heterocycles. The molecule has 0 fully saturated rings. The molecule has 0 unspecified atom stereocenters. The van der Waals surface area contributed by atoms with Gasteiger partial charge in [0.2, 0.25) is 0 Å². The summed E-state index contributed by atoms with van der Waals surface area (Å²) in [6.45, 7) is 0.305. The first kappa shape index (κ1) is 15.8. The van der Waals surface area contributed by atoms with Crippen LogP contribution in [0.25, 0.3) is 10.6 Å². The highest BCUT2D eigenvalue weighted by atomic mass is 32.1. The van der Waals surface area contributed by atoms with E-state index in [4.69, 9.17) is 0 Å². The second kappa shape index (κ2) is 7.01. The lowest BCUT2D eigenvalue weighted by Gasteiger charge is -2.03. The second-order valence-electron chi connectivity index (χ2n) is 5.00. The Kier molecular flexibility index (Phi) is 4.62. The summed E-state index contributed by atoms with van der Waals surface area (Å²) in [6, 6.07) is 15.3. The van der Waals surface area contributed by atoms with Crippen molar-refractivity contribution >= 4 is 22.9 Å². The Morgan fingerprint density at radius 3 is 2.50 bits per heavy atom. The number of thiazole rings is 1. The molecule has 1 amide bonds. The first-order chi connectivity index (χ1) is 11.6. The van der Waals surface area contributed by atoms with Crippen molar-refractivity contribution in [2.45, 2.75) is 6.54 Å². The van der Waals surface area contributed by atoms with E-state index >= 15 is 0 Å². The van der Waals surface area contributed by atoms with Crippen molar-refractivity contribution in [3.63, 3.8) is 0 Å². The second-order valence-corrected chi connectivity index (χ2v) is 5.85. The van der Waals surface area contributed by atoms with E-state index in [9.17, 15) is 14.9 Å². The van der Waals surface area contributed by atoms with Crippen molar-refractivity contribution < 1.29 is 9.72 Å². The Morgan fingerprint density at radius 1 is 1.12 bits per heavy atom. The number of hydrogen-bond donors (Lipinski definition) is 1. The normalized spacial score (nSPS) is 10.3. The van der Waals surface area contributed by atoms with Crippen LogP contribution in [0.3, 0.4) is 0 Å². The van der Waals surface area contributed by atoms with Gasteiger partial charge in [0.15, 0.2) is 0 Å². The van der Waals surface area contributed by atoms with Gasteiger partial charge in [-0.15, -0.1) is 11.3 Å². The molecule has 0 spiro atoms. The van der Waals surface area contributed by atoms with Gasteiger partial charge in [-0.05, 0) is 12.1 Å². The molecule has 0 aliphatic rings. The van der Waals surface area contributed by atoms with Gasteiger partial charge in [-0.1, -0.05) is 30.3 Å². The van der Waals surface area contributed by atoms with E-state index in [-0.39, 0.29) is 11.6 Å². The predicted octanol–water partition coefficient (Wildman–Crippen LogP) is 3.65. The van der Waals surface area contributed by atoms with Crippen LogP contribution in [-0.2, 0) is 6.54 Å². The lowest BCUT2D eigenvalue weighted by Crippen LogP contribution is -2.22. The topological polar surface area (TPSA) is 85.1 Å². The molecule has 0 atom stereocenters. The number of benzene rings is 2. The van der Waals surface area contributed by atoms with Crippen molar-refractivity contribution in [1.29, 1.82) is 0 Å². The minimum Gasteiger partial charge on any atom is -0.346 e. The van der Waals surface area contributed by atoms with E-state index in [1.165, 1.54) is 35.6 Å². The molecule has 1 N–H and O–H groups in total. The van der Waals surface area contributed by atoms with Gasteiger partial charge in [0.1, 0.15) is 5.01 Å². The van der Waals surface area contributed by atoms with Crippen LogP contribution in [0.15, 0.2) is 60.0 Å². The van der Waals surface area contributed by atoms with E-state index in [0.717, 1.165) is 16.3 Å². The summed E-state index contributed by atoms with van der Waals surface area (Å²) in [7, 11) is 0. The Balaban J connectivity index is 1.62. The molecule has 1 heterocycles. The Hall–Kier alpha value is -3.06. The zero-order valence-corrected chi connectivity index (χ0v) is 13.3. The van der Waals surface area contributed by atoms with Crippen LogP contribution >= 0.6 is 11.3 Å². The summed E-state index contributed by atoms with van der Waals surface area (Å²) in [6.07, 6.45) is 0. The molecule has 6 nitrogen and oxygen atoms in total. The van der Waals surface area contributed by atoms with Gasteiger partial charge in [0.05, 0.1) is 17.2 Å². The van der Waals surface area contributed by atoms with Crippen LogP contribution in [0, 0.1) is 10.1 Å². The van der Waals surface area contributed by atoms with Crippen molar-refractivity contribution in [2.24, 2.45) is 0 Å². The largest absolute Gasteiger partial charge is 0.346 e. The molecule has 0 aliphatic heterocycles. The SMILES string of the molecule is O=C(NCc1csc(-c2ccccc2)n1)c1ccc([N+](=O)[O-])cc1. The van der Waals surface area contributed by atoms with Crippen LogP contribution in [0.2, 0.25) is 0 Å². The average molecular weight is 339 g/mol. The first-order valence-electron chi connectivity index (χ1n) is 7.16. The molecule has 0 bridgehead atoms. The van der Waals surface area contributed by atoms with Crippen LogP contribution in [-0.4, -0.2) is 15.8 Å². The van der Waals surface area contributed by atoms with Crippen molar-refractivity contribution in [3.05, 3.63) is 81.3 Å². The van der Waals surface area contributed by atoms with Gasteiger partial charge < -0.3 is 5.32 Å². The van der Waals surface area contributed by atoms with E-state index in [1.54, 1.807) is 0 Å². The smallest absolute Gasteiger partial charge is 0.269 e. The molecule has 24 heavy (non-hydrogen) atoms. The standard InChI is InChI=1S/C17H13N3O3S/c21-16(12-6-8-15(9-7-12)20(22)23)18-10-14-11-24-17(19-14)13-4-2-1-3-5-13/h1-9,11H,10H2,(H,18,21). The molecule has 1 aromatic heterocycles. The predicted molar refractivity (Wildman–Crippen MR) is 91.8 cm³/mol. The summed E-state index contributed by atoms with van der Waals surface area (Å²) in [5.41, 5.74) is 2.14. The number of nitro groups is 1. The number of rotatable bonds is 5. The number of hydrogen-bond acceptors (Lipinski definition) is 5. The van der Waals surface area contributed by atoms with Gasteiger partial charge in [0.25, 0.3) is 11.6 Å². The molecule has 3 aromatic rings. The lowest BCUT2D eigenvalue weighted by atomic mass is 10.2. The molecule has 0 saturated carbocycles. The molecule has 3 rings (SSSR count). The zero-order chi connectivity index (χ0) is 16.9. The van der Waals surface area contributed by atoms with Crippen molar-refractivity contribution in [2.75, 3.05) is 0 Å². The van der Waals surface area contributed by atoms with Gasteiger partial charge in [-0.2, -0.15) is 0 Å². The van der Waals surface area contributed by atoms with Gasteiger partial charge >= 0.3 is 0 Å². The first-order valence-corrected chi connectivity index (χ1v) is 8.04. The fraction of sp³-hybridized carbons (Fsp3) is 0.0588. The molecule has 2 aromatic carbocycles. The Morgan fingerprint density at radius 2 is 1.83 bits per heavy atom. The average Bonchev–Trinajstić information content (AvgIpc) is 3.09. The minimum atomic E-state index is -0.498. The number of carbonyl (C=O) groups is 1. The quantitative estimate of drug-likeness (QED) is 0.568. The number of amides is 1. The maximum Gasteiger partial charge on any atom is 0.269 e. The molecule has 0 aliphatic carbocycles. The summed E-state index contributed by atoms with van der Waals surface area (Å²) >= 11 is 1.52. The van der Waals surface area contributed by atoms with Gasteiger partial charge in [0, 0.05) is 28.6 Å². The zero-order valence-electron chi connectivity index (χ0n) is 12.5. The molecular formula is C17H13N3O3S. The van der Waals surface area contributed by atoms with Crippen LogP contribution in [0.1, 0.15) is 16.1 Å². The van der Waals surface area contributed by atoms with Crippen LogP contribution in [0.5, 0.6) is 0 Å². The molecular weight excluding hydrogens is 326 g/mol. The van der Waals surface area contributed by atoms with E-state index in [0.29, 0.717) is 12.1 Å². The van der Waals surface area contributed by atoms with E-state index in [2.05, 4.69) is 10.3 Å². The fourth-order valence-electron chi connectivity index (χ4n) is 2.11. The molecule has 120 valence electrons. The van der Waals surface area contributed by atoms with Crippen molar-refractivity contribution in [1.82, 2.24) is 10.3 Å². The number of nitrogens with one attached hydrogen (secondary N) is 1. The van der Waals surface area contributed by atoms with Gasteiger partial charge in [-0.25, -0.2) is 4.98 Å². The fourth-order valence-corrected chi connectivity index (χ4v) is 2.93. The number of carbonyl (C=O) groups excluding carboxylic acids is 1. The Bertz CT molecular complexity index is 860. The van der Waals surface area contributed by atoms with E-state index in [1.807, 2.05) is 35.7 Å². The highest BCUT2D eigenvalue weighted by Crippen LogP contribution is 2.23. The lowest BCUT2D eigenvalue weighted by molar-refractivity contribution is -0.384. The number of nitrogens with zero attached hydrogens (tertiary/aromatic N) is 2. The van der Waals surface area contributed by atoms with Gasteiger partial charge in [-0.3, -0.25) is 14.9 Å². The van der Waals surface area contributed by atoms with E-state index < -0.39 is 4.92 Å². The maximum absolute atomic E-state index is 12.1. The third-order valence-corrected chi connectivity index (χ3v) is 4.28. The van der Waals surface area contributed by atoms with Crippen molar-refractivity contribution in [3.8, 4) is 10.6 Å². The molecule has 0 radical (unpaired) electrons. The maximum atomic E-state index is 12.1.